The van der Waals surface area contributed by atoms with E-state index in [1.165, 1.54) is 0 Å². The normalized spacial score (nSPS) is 25.6. The first-order chi connectivity index (χ1) is 10.2. The van der Waals surface area contributed by atoms with Crippen LogP contribution in [0.2, 0.25) is 0 Å². The highest BCUT2D eigenvalue weighted by molar-refractivity contribution is 5.80. The van der Waals surface area contributed by atoms with E-state index in [0.29, 0.717) is 5.39 Å². The molecule has 5 heteroatoms. The number of hydrogen-bond donors (Lipinski definition) is 2. The average Bonchev–Trinajstić information content (AvgIpc) is 3.01. The minimum atomic E-state index is -0.0280. The molecule has 2 aliphatic rings. The topological polar surface area (TPSA) is 61.0 Å². The van der Waals surface area contributed by atoms with Gasteiger partial charge in [0, 0.05) is 13.1 Å². The minimum Gasteiger partial charge on any atom is -0.316 e. The van der Waals surface area contributed by atoms with Crippen molar-refractivity contribution in [3.05, 3.63) is 39.9 Å². The van der Waals surface area contributed by atoms with Crippen molar-refractivity contribution in [1.82, 2.24) is 20.2 Å². The molecule has 3 heterocycles. The van der Waals surface area contributed by atoms with E-state index in [1.807, 2.05) is 25.1 Å². The summed E-state index contributed by atoms with van der Waals surface area (Å²) in [6.45, 7) is 7.21. The SMILES string of the molecule is Cc1cccc2c(=O)[nH]c(CN3CC4CNCC4C3)nc12. The number of benzene rings is 1. The van der Waals surface area contributed by atoms with Crippen molar-refractivity contribution < 1.29 is 0 Å². The molecule has 1 aromatic heterocycles. The fraction of sp³-hybridized carbons (Fsp3) is 0.500. The number of aryl methyl sites for hydroxylation is 1. The Bertz CT molecular complexity index is 727. The number of H-pyrrole nitrogens is 1. The van der Waals surface area contributed by atoms with Crippen LogP contribution in [0.3, 0.4) is 0 Å². The predicted molar refractivity (Wildman–Crippen MR) is 82.2 cm³/mol. The quantitative estimate of drug-likeness (QED) is 0.859. The van der Waals surface area contributed by atoms with Gasteiger partial charge < -0.3 is 10.3 Å². The monoisotopic (exact) mass is 284 g/mol. The van der Waals surface area contributed by atoms with Gasteiger partial charge >= 0.3 is 0 Å². The Labute approximate surface area is 123 Å². The van der Waals surface area contributed by atoms with Gasteiger partial charge in [0.15, 0.2) is 0 Å². The van der Waals surface area contributed by atoms with Crippen LogP contribution in [0.4, 0.5) is 0 Å². The first-order valence-electron chi connectivity index (χ1n) is 7.62. The largest absolute Gasteiger partial charge is 0.316 e. The van der Waals surface area contributed by atoms with E-state index in [-0.39, 0.29) is 5.56 Å². The number of aromatic nitrogens is 2. The van der Waals surface area contributed by atoms with Gasteiger partial charge in [0.1, 0.15) is 5.82 Å². The third kappa shape index (κ3) is 2.26. The molecule has 0 bridgehead atoms. The Kier molecular flexibility index (Phi) is 3.05. The Hall–Kier alpha value is -1.72. The van der Waals surface area contributed by atoms with Crippen LogP contribution in [0.5, 0.6) is 0 Å². The van der Waals surface area contributed by atoms with Crippen molar-refractivity contribution in [2.75, 3.05) is 26.2 Å². The first kappa shape index (κ1) is 13.0. The molecule has 110 valence electrons. The smallest absolute Gasteiger partial charge is 0.258 e. The van der Waals surface area contributed by atoms with Gasteiger partial charge in [-0.1, -0.05) is 12.1 Å². The number of aromatic amines is 1. The molecule has 0 amide bonds. The Morgan fingerprint density at radius 1 is 1.29 bits per heavy atom. The fourth-order valence-corrected chi connectivity index (χ4v) is 3.72. The van der Waals surface area contributed by atoms with Gasteiger partial charge in [0.2, 0.25) is 0 Å². The van der Waals surface area contributed by atoms with Crippen LogP contribution in [-0.4, -0.2) is 41.0 Å². The van der Waals surface area contributed by atoms with Crippen molar-refractivity contribution >= 4 is 10.9 Å². The van der Waals surface area contributed by atoms with E-state index in [0.717, 1.165) is 61.5 Å². The fourth-order valence-electron chi connectivity index (χ4n) is 3.72. The number of nitrogens with zero attached hydrogens (tertiary/aromatic N) is 2. The summed E-state index contributed by atoms with van der Waals surface area (Å²) < 4.78 is 0. The molecular weight excluding hydrogens is 264 g/mol. The maximum absolute atomic E-state index is 12.2. The lowest BCUT2D eigenvalue weighted by atomic mass is 10.0. The zero-order chi connectivity index (χ0) is 14.4. The molecule has 2 aromatic rings. The maximum atomic E-state index is 12.2. The lowest BCUT2D eigenvalue weighted by Crippen LogP contribution is -2.27. The molecular formula is C16H20N4O. The predicted octanol–water partition coefficient (Wildman–Crippen LogP) is 0.883. The van der Waals surface area contributed by atoms with Gasteiger partial charge in [-0.05, 0) is 43.5 Å². The summed E-state index contributed by atoms with van der Waals surface area (Å²) in [6.07, 6.45) is 0. The van der Waals surface area contributed by atoms with Gasteiger partial charge in [-0.3, -0.25) is 9.69 Å². The highest BCUT2D eigenvalue weighted by Crippen LogP contribution is 2.27. The number of fused-ring (bicyclic) bond motifs is 2. The summed E-state index contributed by atoms with van der Waals surface area (Å²) in [5, 5.41) is 4.13. The number of para-hydroxylation sites is 1. The van der Waals surface area contributed by atoms with Crippen LogP contribution in [-0.2, 0) is 6.54 Å². The summed E-state index contributed by atoms with van der Waals surface area (Å²) >= 11 is 0. The van der Waals surface area contributed by atoms with Gasteiger partial charge in [-0.25, -0.2) is 4.98 Å². The van der Waals surface area contributed by atoms with E-state index in [9.17, 15) is 4.79 Å². The average molecular weight is 284 g/mol. The van der Waals surface area contributed by atoms with Gasteiger partial charge in [-0.2, -0.15) is 0 Å². The van der Waals surface area contributed by atoms with E-state index >= 15 is 0 Å². The van der Waals surface area contributed by atoms with E-state index < -0.39 is 0 Å². The van der Waals surface area contributed by atoms with Crippen molar-refractivity contribution in [2.45, 2.75) is 13.5 Å². The van der Waals surface area contributed by atoms with Crippen LogP contribution in [0.15, 0.2) is 23.0 Å². The van der Waals surface area contributed by atoms with Crippen molar-refractivity contribution in [3.63, 3.8) is 0 Å². The zero-order valence-corrected chi connectivity index (χ0v) is 12.2. The number of rotatable bonds is 2. The molecule has 2 aliphatic heterocycles. The van der Waals surface area contributed by atoms with Gasteiger partial charge in [0.05, 0.1) is 17.4 Å². The molecule has 2 N–H and O–H groups in total. The molecule has 2 unspecified atom stereocenters. The maximum Gasteiger partial charge on any atom is 0.258 e. The van der Waals surface area contributed by atoms with E-state index in [2.05, 4.69) is 20.2 Å². The lowest BCUT2D eigenvalue weighted by molar-refractivity contribution is 0.298. The third-order valence-electron chi connectivity index (χ3n) is 4.83. The Morgan fingerprint density at radius 3 is 2.81 bits per heavy atom. The number of likely N-dealkylation sites (tertiary alicyclic amines) is 1. The summed E-state index contributed by atoms with van der Waals surface area (Å²) in [7, 11) is 0. The van der Waals surface area contributed by atoms with Crippen LogP contribution in [0.25, 0.3) is 10.9 Å². The summed E-state index contributed by atoms with van der Waals surface area (Å²) in [5.74, 6) is 2.31. The molecule has 2 saturated heterocycles. The van der Waals surface area contributed by atoms with Crippen molar-refractivity contribution in [2.24, 2.45) is 11.8 Å². The molecule has 5 nitrogen and oxygen atoms in total. The van der Waals surface area contributed by atoms with Crippen LogP contribution in [0.1, 0.15) is 11.4 Å². The second kappa shape index (κ2) is 4.93. The highest BCUT2D eigenvalue weighted by Gasteiger charge is 2.36. The molecule has 0 aliphatic carbocycles. The molecule has 4 rings (SSSR count). The third-order valence-corrected chi connectivity index (χ3v) is 4.83. The first-order valence-corrected chi connectivity index (χ1v) is 7.62. The van der Waals surface area contributed by atoms with Crippen LogP contribution in [0, 0.1) is 18.8 Å². The molecule has 0 radical (unpaired) electrons. The molecule has 2 fully saturated rings. The molecule has 2 atom stereocenters. The van der Waals surface area contributed by atoms with E-state index in [4.69, 9.17) is 0 Å². The lowest BCUT2D eigenvalue weighted by Gasteiger charge is -2.16. The van der Waals surface area contributed by atoms with Crippen LogP contribution < -0.4 is 10.9 Å². The minimum absolute atomic E-state index is 0.0280. The van der Waals surface area contributed by atoms with Gasteiger partial charge in [0.25, 0.3) is 5.56 Å². The summed E-state index contributed by atoms with van der Waals surface area (Å²) in [5.41, 5.74) is 1.86. The molecule has 21 heavy (non-hydrogen) atoms. The molecule has 0 saturated carbocycles. The molecule has 1 aromatic carbocycles. The van der Waals surface area contributed by atoms with Crippen molar-refractivity contribution in [3.8, 4) is 0 Å². The van der Waals surface area contributed by atoms with E-state index in [1.54, 1.807) is 0 Å². The van der Waals surface area contributed by atoms with Crippen LogP contribution >= 0.6 is 0 Å². The number of nitrogens with one attached hydrogen (secondary N) is 2. The zero-order valence-electron chi connectivity index (χ0n) is 12.2. The van der Waals surface area contributed by atoms with Crippen molar-refractivity contribution in [1.29, 1.82) is 0 Å². The second-order valence-electron chi connectivity index (χ2n) is 6.36. The number of hydrogen-bond acceptors (Lipinski definition) is 4. The highest BCUT2D eigenvalue weighted by atomic mass is 16.1. The second-order valence-corrected chi connectivity index (χ2v) is 6.36. The summed E-state index contributed by atoms with van der Waals surface area (Å²) in [4.78, 5) is 22.2. The summed E-state index contributed by atoms with van der Waals surface area (Å²) in [6, 6.07) is 5.75. The Balaban J connectivity index is 1.62. The van der Waals surface area contributed by atoms with Gasteiger partial charge in [-0.15, -0.1) is 0 Å². The Morgan fingerprint density at radius 2 is 2.05 bits per heavy atom. The molecule has 0 spiro atoms. The standard InChI is InChI=1S/C16H20N4O/c1-10-3-2-4-13-15(10)18-14(19-16(13)21)9-20-7-11-5-17-6-12(11)8-20/h2-4,11-12,17H,5-9H2,1H3,(H,18,19,21).